The number of nitrogens with zero attached hydrogens (tertiary/aromatic N) is 2. The van der Waals surface area contributed by atoms with Crippen LogP contribution in [0.4, 0.5) is 0 Å². The minimum Gasteiger partial charge on any atom is -0.454 e. The predicted molar refractivity (Wildman–Crippen MR) is 102 cm³/mol. The highest BCUT2D eigenvalue weighted by atomic mass is 16.7. The summed E-state index contributed by atoms with van der Waals surface area (Å²) in [5.41, 5.74) is 2.16. The molecule has 4 aromatic carbocycles. The summed E-state index contributed by atoms with van der Waals surface area (Å²) in [5.74, 6) is 1.60. The van der Waals surface area contributed by atoms with Gasteiger partial charge in [0, 0.05) is 10.8 Å². The summed E-state index contributed by atoms with van der Waals surface area (Å²) in [6.07, 6.45) is 1.94. The zero-order valence-electron chi connectivity index (χ0n) is 13.8. The first-order chi connectivity index (χ1) is 12.9. The summed E-state index contributed by atoms with van der Waals surface area (Å²) in [6, 6.07) is 22.8. The van der Waals surface area contributed by atoms with Crippen LogP contribution in [0.15, 0.2) is 72.9 Å². The average molecular weight is 338 g/mol. The van der Waals surface area contributed by atoms with Gasteiger partial charge in [-0.3, -0.25) is 0 Å². The molecule has 5 aromatic rings. The highest BCUT2D eigenvalue weighted by molar-refractivity contribution is 6.25. The Morgan fingerprint density at radius 1 is 0.692 bits per heavy atom. The van der Waals surface area contributed by atoms with Gasteiger partial charge in [0.15, 0.2) is 11.5 Å². The third kappa shape index (κ3) is 1.76. The molecular formula is C22H14N2O2. The van der Waals surface area contributed by atoms with E-state index in [2.05, 4.69) is 48.5 Å². The highest BCUT2D eigenvalue weighted by Crippen LogP contribution is 2.42. The van der Waals surface area contributed by atoms with Crippen LogP contribution in [-0.4, -0.2) is 16.6 Å². The zero-order valence-corrected chi connectivity index (χ0v) is 13.8. The quantitative estimate of drug-likeness (QED) is 0.401. The van der Waals surface area contributed by atoms with E-state index in [0.29, 0.717) is 0 Å². The zero-order chi connectivity index (χ0) is 17.1. The minimum atomic E-state index is 0.274. The second-order valence-corrected chi connectivity index (χ2v) is 6.45. The Kier molecular flexibility index (Phi) is 2.63. The van der Waals surface area contributed by atoms with Crippen LogP contribution in [0.3, 0.4) is 0 Å². The molecule has 0 radical (unpaired) electrons. The fraction of sp³-hybridized carbons (Fsp3) is 0.0455. The molecule has 0 spiro atoms. The third-order valence-corrected chi connectivity index (χ3v) is 5.05. The van der Waals surface area contributed by atoms with Crippen LogP contribution in [0.2, 0.25) is 0 Å². The normalized spacial score (nSPS) is 13.1. The largest absolute Gasteiger partial charge is 0.454 e. The van der Waals surface area contributed by atoms with E-state index in [-0.39, 0.29) is 6.79 Å². The molecule has 0 bridgehead atoms. The van der Waals surface area contributed by atoms with Crippen molar-refractivity contribution >= 4 is 32.4 Å². The van der Waals surface area contributed by atoms with Crippen molar-refractivity contribution < 1.29 is 9.47 Å². The lowest BCUT2D eigenvalue weighted by atomic mass is 9.97. The monoisotopic (exact) mass is 338 g/mol. The molecule has 0 atom stereocenters. The van der Waals surface area contributed by atoms with Gasteiger partial charge < -0.3 is 9.47 Å². The van der Waals surface area contributed by atoms with Crippen molar-refractivity contribution in [2.24, 2.45) is 0 Å². The van der Waals surface area contributed by atoms with Gasteiger partial charge in [0.2, 0.25) is 6.79 Å². The van der Waals surface area contributed by atoms with Crippen molar-refractivity contribution in [3.05, 3.63) is 72.9 Å². The van der Waals surface area contributed by atoms with E-state index < -0.39 is 0 Å². The first-order valence-electron chi connectivity index (χ1n) is 8.57. The molecule has 1 aliphatic rings. The lowest BCUT2D eigenvalue weighted by Crippen LogP contribution is -1.96. The number of para-hydroxylation sites is 1. The van der Waals surface area contributed by atoms with E-state index in [4.69, 9.17) is 14.6 Å². The fourth-order valence-corrected chi connectivity index (χ4v) is 3.88. The van der Waals surface area contributed by atoms with Crippen molar-refractivity contribution in [3.8, 4) is 17.2 Å². The van der Waals surface area contributed by atoms with Crippen molar-refractivity contribution in [2.75, 3.05) is 6.79 Å². The van der Waals surface area contributed by atoms with Crippen LogP contribution < -0.4 is 9.47 Å². The van der Waals surface area contributed by atoms with Crippen LogP contribution in [0.25, 0.3) is 38.1 Å². The lowest BCUT2D eigenvalue weighted by molar-refractivity contribution is 0.174. The molecule has 26 heavy (non-hydrogen) atoms. The van der Waals surface area contributed by atoms with Crippen LogP contribution in [0.5, 0.6) is 11.5 Å². The van der Waals surface area contributed by atoms with Crippen LogP contribution >= 0.6 is 0 Å². The molecule has 2 heterocycles. The molecule has 124 valence electrons. The smallest absolute Gasteiger partial charge is 0.231 e. The summed E-state index contributed by atoms with van der Waals surface area (Å²) in [5, 5.41) is 10.5. The maximum Gasteiger partial charge on any atom is 0.231 e. The molecule has 4 nitrogen and oxygen atoms in total. The van der Waals surface area contributed by atoms with Crippen LogP contribution in [0.1, 0.15) is 0 Å². The Morgan fingerprint density at radius 3 is 2.12 bits per heavy atom. The van der Waals surface area contributed by atoms with Crippen molar-refractivity contribution in [3.63, 3.8) is 0 Å². The Bertz CT molecular complexity index is 1310. The Morgan fingerprint density at radius 2 is 1.35 bits per heavy atom. The summed E-state index contributed by atoms with van der Waals surface area (Å²) >= 11 is 0. The van der Waals surface area contributed by atoms with Gasteiger partial charge in [-0.2, -0.15) is 5.10 Å². The van der Waals surface area contributed by atoms with Crippen molar-refractivity contribution in [1.82, 2.24) is 9.78 Å². The molecule has 0 fully saturated rings. The number of hydrogen-bond acceptors (Lipinski definition) is 3. The summed E-state index contributed by atoms with van der Waals surface area (Å²) in [7, 11) is 0. The molecule has 0 amide bonds. The van der Waals surface area contributed by atoms with E-state index in [1.165, 1.54) is 10.8 Å². The van der Waals surface area contributed by atoms with E-state index in [1.54, 1.807) is 0 Å². The number of ether oxygens (including phenoxy) is 2. The van der Waals surface area contributed by atoms with Crippen molar-refractivity contribution in [2.45, 2.75) is 0 Å². The molecule has 4 heteroatoms. The second kappa shape index (κ2) is 4.99. The van der Waals surface area contributed by atoms with Crippen LogP contribution in [-0.2, 0) is 0 Å². The topological polar surface area (TPSA) is 36.3 Å². The minimum absolute atomic E-state index is 0.274. The Hall–Kier alpha value is -3.53. The molecule has 0 saturated heterocycles. The van der Waals surface area contributed by atoms with E-state index in [9.17, 15) is 0 Å². The molecule has 6 rings (SSSR count). The maximum atomic E-state index is 5.61. The summed E-state index contributed by atoms with van der Waals surface area (Å²) in [6.45, 7) is 0.274. The van der Waals surface area contributed by atoms with E-state index in [0.717, 1.165) is 38.9 Å². The Balaban J connectivity index is 1.84. The first-order valence-corrected chi connectivity index (χ1v) is 8.57. The number of rotatable bonds is 1. The molecule has 0 saturated carbocycles. The van der Waals surface area contributed by atoms with Gasteiger partial charge in [0.1, 0.15) is 0 Å². The molecule has 0 unspecified atom stereocenters. The number of aromatic nitrogens is 2. The maximum absolute atomic E-state index is 5.61. The fourth-order valence-electron chi connectivity index (χ4n) is 3.88. The number of fused-ring (bicyclic) bond motifs is 7. The Labute approximate surface area is 149 Å². The third-order valence-electron chi connectivity index (χ3n) is 5.05. The second-order valence-electron chi connectivity index (χ2n) is 6.45. The van der Waals surface area contributed by atoms with Gasteiger partial charge in [-0.15, -0.1) is 0 Å². The lowest BCUT2D eigenvalue weighted by Gasteiger charge is -2.10. The molecule has 0 N–H and O–H groups in total. The average Bonchev–Trinajstić information content (AvgIpc) is 3.34. The molecule has 1 aromatic heterocycles. The van der Waals surface area contributed by atoms with E-state index in [1.807, 2.05) is 29.1 Å². The standard InChI is InChI=1S/C22H14N2O2/c1-2-6-14(7-3-1)24-22-16-9-5-4-8-15(16)17-10-20-21(26-13-25-20)11-18(17)19(22)12-23-24/h1-12H,13H2. The summed E-state index contributed by atoms with van der Waals surface area (Å²) in [4.78, 5) is 0. The van der Waals surface area contributed by atoms with Gasteiger partial charge in [-0.05, 0) is 40.4 Å². The molecular weight excluding hydrogens is 324 g/mol. The van der Waals surface area contributed by atoms with E-state index >= 15 is 0 Å². The summed E-state index contributed by atoms with van der Waals surface area (Å²) < 4.78 is 13.2. The number of hydrogen-bond donors (Lipinski definition) is 0. The van der Waals surface area contributed by atoms with Gasteiger partial charge >= 0.3 is 0 Å². The van der Waals surface area contributed by atoms with Gasteiger partial charge in [-0.1, -0.05) is 42.5 Å². The highest BCUT2D eigenvalue weighted by Gasteiger charge is 2.19. The first kappa shape index (κ1) is 13.7. The molecule has 1 aliphatic heterocycles. The van der Waals surface area contributed by atoms with Gasteiger partial charge in [-0.25, -0.2) is 4.68 Å². The van der Waals surface area contributed by atoms with Crippen LogP contribution in [0, 0.1) is 0 Å². The molecule has 0 aliphatic carbocycles. The SMILES string of the molecule is c1ccc(-n2ncc3c4cc5c(cc4c4ccccc4c32)OCO5)cc1. The predicted octanol–water partition coefficient (Wildman–Crippen LogP) is 5.06. The van der Waals surface area contributed by atoms with Gasteiger partial charge in [0.25, 0.3) is 0 Å². The van der Waals surface area contributed by atoms with Crippen molar-refractivity contribution in [1.29, 1.82) is 0 Å². The van der Waals surface area contributed by atoms with Gasteiger partial charge in [0.05, 0.1) is 17.4 Å². The number of benzene rings is 4.